The van der Waals surface area contributed by atoms with Gasteiger partial charge in [0.2, 0.25) is 6.29 Å². The van der Waals surface area contributed by atoms with Gasteiger partial charge in [-0.15, -0.1) is 0 Å². The number of fused-ring (bicyclic) bond motifs is 1. The minimum Gasteiger partial charge on any atom is -0.504 e. The number of esters is 2. The van der Waals surface area contributed by atoms with E-state index in [1.54, 1.807) is 6.92 Å². The number of carbonyl (C=O) groups is 2. The number of ether oxygens (including phenoxy) is 5. The van der Waals surface area contributed by atoms with Crippen LogP contribution in [0, 0.1) is 17.8 Å². The van der Waals surface area contributed by atoms with E-state index in [0.29, 0.717) is 5.56 Å². The molecule has 274 valence electrons. The van der Waals surface area contributed by atoms with E-state index in [2.05, 4.69) is 0 Å². The van der Waals surface area contributed by atoms with Crippen LogP contribution in [-0.4, -0.2) is 155 Å². The van der Waals surface area contributed by atoms with Gasteiger partial charge in [0.05, 0.1) is 25.0 Å². The maximum Gasteiger partial charge on any atom is 0.337 e. The van der Waals surface area contributed by atoms with Crippen molar-refractivity contribution in [3.8, 4) is 11.5 Å². The molecule has 1 unspecified atom stereocenters. The van der Waals surface area contributed by atoms with Crippen LogP contribution in [0.2, 0.25) is 0 Å². The van der Waals surface area contributed by atoms with E-state index < -0.39 is 123 Å². The van der Waals surface area contributed by atoms with Crippen molar-refractivity contribution < 1.29 is 89.4 Å². The van der Waals surface area contributed by atoms with Gasteiger partial charge in [0.1, 0.15) is 61.5 Å². The third-order valence-corrected chi connectivity index (χ3v) is 8.93. The van der Waals surface area contributed by atoms with Crippen LogP contribution in [0.5, 0.6) is 11.5 Å². The first-order valence-corrected chi connectivity index (χ1v) is 15.4. The first-order chi connectivity index (χ1) is 23.2. The van der Waals surface area contributed by atoms with Crippen molar-refractivity contribution in [1.82, 2.24) is 0 Å². The molecule has 3 aliphatic rings. The van der Waals surface area contributed by atoms with Gasteiger partial charge in [-0.2, -0.15) is 0 Å². The quantitative estimate of drug-likeness (QED) is 0.0536. The lowest BCUT2D eigenvalue weighted by atomic mass is 9.83. The summed E-state index contributed by atoms with van der Waals surface area (Å²) < 4.78 is 27.8. The van der Waals surface area contributed by atoms with Crippen LogP contribution in [0.4, 0.5) is 0 Å². The summed E-state index contributed by atoms with van der Waals surface area (Å²) in [6, 6.07) is 3.89. The van der Waals surface area contributed by atoms with Crippen LogP contribution in [0.25, 0.3) is 6.08 Å². The Labute approximate surface area is 279 Å². The molecule has 0 amide bonds. The number of carbonyl (C=O) groups excluding carboxylic acids is 2. The summed E-state index contributed by atoms with van der Waals surface area (Å²) >= 11 is 0. The summed E-state index contributed by atoms with van der Waals surface area (Å²) in [7, 11) is 0. The zero-order chi connectivity index (χ0) is 36.2. The molecule has 18 heteroatoms. The molecular formula is C31H42O18. The Morgan fingerprint density at radius 1 is 0.959 bits per heavy atom. The molecule has 1 saturated heterocycles. The second-order valence-corrected chi connectivity index (χ2v) is 12.1. The zero-order valence-corrected chi connectivity index (χ0v) is 26.2. The summed E-state index contributed by atoms with van der Waals surface area (Å²) in [6.07, 6.45) is -14.5. The van der Waals surface area contributed by atoms with E-state index in [4.69, 9.17) is 28.8 Å². The van der Waals surface area contributed by atoms with Crippen LogP contribution in [0.1, 0.15) is 18.9 Å². The number of aromatic hydroxyl groups is 2. The fourth-order valence-corrected chi connectivity index (χ4v) is 6.02. The predicted octanol–water partition coefficient (Wildman–Crippen LogP) is -3.67. The first-order valence-electron chi connectivity index (χ1n) is 15.4. The van der Waals surface area contributed by atoms with Gasteiger partial charge in [-0.1, -0.05) is 13.0 Å². The second-order valence-electron chi connectivity index (χ2n) is 12.1. The summed E-state index contributed by atoms with van der Waals surface area (Å²) in [5, 5.41) is 108. The fraction of sp³-hybridized carbons (Fsp3) is 0.613. The molecule has 0 bridgehead atoms. The molecule has 4 rings (SSSR count). The number of phenolic OH excluding ortho intramolecular Hbond substituents is 2. The highest BCUT2D eigenvalue weighted by Crippen LogP contribution is 2.49. The Kier molecular flexibility index (Phi) is 13.0. The van der Waals surface area contributed by atoms with Gasteiger partial charge in [0, 0.05) is 23.8 Å². The molecule has 1 saturated carbocycles. The van der Waals surface area contributed by atoms with Crippen LogP contribution in [0.15, 0.2) is 36.1 Å². The van der Waals surface area contributed by atoms with Gasteiger partial charge in [-0.3, -0.25) is 0 Å². The smallest absolute Gasteiger partial charge is 0.337 e. The minimum atomic E-state index is -2.00. The SMILES string of the molecule is C[C@H]1C2[C@H](O[C@@H]3O[C@H](CO)[C@@H](O)[C@H](O)[C@H]3O)OC=C(C(=O)OC[C@@H](O)[C@@H](O)[C@H](O)[C@H](O)CO)[C@H]2C[C@@H]1OC(=O)/C=C/c1ccc(O)c(O)c1. The number of hydrogen-bond acceptors (Lipinski definition) is 18. The molecule has 0 spiro atoms. The van der Waals surface area contributed by atoms with Crippen molar-refractivity contribution >= 4 is 18.0 Å². The lowest BCUT2D eigenvalue weighted by Gasteiger charge is -2.43. The summed E-state index contributed by atoms with van der Waals surface area (Å²) in [6.45, 7) is -0.815. The Hall–Kier alpha value is -3.40. The normalized spacial score (nSPS) is 33.9. The lowest BCUT2D eigenvalue weighted by Crippen LogP contribution is -2.60. The highest BCUT2D eigenvalue weighted by atomic mass is 16.8. The summed E-state index contributed by atoms with van der Waals surface area (Å²) in [5.74, 6) is -4.83. The fourth-order valence-electron chi connectivity index (χ4n) is 6.02. The highest BCUT2D eigenvalue weighted by molar-refractivity contribution is 5.89. The molecule has 1 aromatic carbocycles. The zero-order valence-electron chi connectivity index (χ0n) is 26.2. The number of aliphatic hydroxyl groups is 9. The maximum absolute atomic E-state index is 13.2. The van der Waals surface area contributed by atoms with Gasteiger partial charge in [-0.25, -0.2) is 9.59 Å². The monoisotopic (exact) mass is 702 g/mol. The van der Waals surface area contributed by atoms with E-state index in [-0.39, 0.29) is 17.7 Å². The van der Waals surface area contributed by atoms with E-state index in [1.165, 1.54) is 24.3 Å². The van der Waals surface area contributed by atoms with Crippen LogP contribution in [-0.2, 0) is 33.3 Å². The number of hydrogen-bond donors (Lipinski definition) is 11. The van der Waals surface area contributed by atoms with Gasteiger partial charge < -0.3 is 79.9 Å². The van der Waals surface area contributed by atoms with Crippen LogP contribution >= 0.6 is 0 Å². The average Bonchev–Trinajstić information content (AvgIpc) is 3.41. The van der Waals surface area contributed by atoms with Crippen LogP contribution in [0.3, 0.4) is 0 Å². The molecular weight excluding hydrogens is 660 g/mol. The Morgan fingerprint density at radius 3 is 2.31 bits per heavy atom. The average molecular weight is 703 g/mol. The second kappa shape index (κ2) is 16.5. The number of aliphatic hydroxyl groups excluding tert-OH is 9. The molecule has 2 heterocycles. The Bertz CT molecular complexity index is 1350. The molecule has 0 aromatic heterocycles. The summed E-state index contributed by atoms with van der Waals surface area (Å²) in [4.78, 5) is 26.0. The molecule has 0 radical (unpaired) electrons. The molecule has 14 atom stereocenters. The minimum absolute atomic E-state index is 0.0107. The maximum atomic E-state index is 13.2. The highest BCUT2D eigenvalue weighted by Gasteiger charge is 2.55. The molecule has 18 nitrogen and oxygen atoms in total. The van der Waals surface area contributed by atoms with Crippen molar-refractivity contribution in [3.63, 3.8) is 0 Å². The van der Waals surface area contributed by atoms with E-state index in [1.807, 2.05) is 0 Å². The van der Waals surface area contributed by atoms with E-state index >= 15 is 0 Å². The lowest BCUT2D eigenvalue weighted by molar-refractivity contribution is -0.342. The van der Waals surface area contributed by atoms with Gasteiger partial charge in [-0.05, 0) is 30.2 Å². The third kappa shape index (κ3) is 8.67. The van der Waals surface area contributed by atoms with Gasteiger partial charge in [0.15, 0.2) is 17.8 Å². The van der Waals surface area contributed by atoms with Crippen molar-refractivity contribution in [1.29, 1.82) is 0 Å². The van der Waals surface area contributed by atoms with Crippen molar-refractivity contribution in [2.24, 2.45) is 17.8 Å². The number of phenols is 2. The third-order valence-electron chi connectivity index (χ3n) is 8.93. The number of rotatable bonds is 13. The van der Waals surface area contributed by atoms with E-state index in [9.17, 15) is 60.7 Å². The Morgan fingerprint density at radius 2 is 1.65 bits per heavy atom. The van der Waals surface area contributed by atoms with Crippen molar-refractivity contribution in [2.45, 2.75) is 80.9 Å². The molecule has 2 fully saturated rings. The van der Waals surface area contributed by atoms with E-state index in [0.717, 1.165) is 12.3 Å². The van der Waals surface area contributed by atoms with Gasteiger partial charge >= 0.3 is 11.9 Å². The number of benzene rings is 1. The largest absolute Gasteiger partial charge is 0.504 e. The molecule has 2 aliphatic heterocycles. The van der Waals surface area contributed by atoms with Crippen LogP contribution < -0.4 is 0 Å². The standard InChI is InChI=1S/C31H42O18/c1-12-20(47-22(38)5-3-13-2-4-16(34)17(35)6-13)7-14-15(29(44)45-11-19(37)25(40)24(39)18(36)8-32)10-46-30(23(12)14)49-31-28(43)27(42)26(41)21(9-33)48-31/h2-6,10,12,14,18-21,23-28,30-37,39-43H,7-9,11H2,1H3/b5-3+/t12-,14-,18-,19-,20+,21-,23?,24-,25-,26-,27+,28-,30+,31+/m1/s1. The summed E-state index contributed by atoms with van der Waals surface area (Å²) in [5.41, 5.74) is 0.275. The predicted molar refractivity (Wildman–Crippen MR) is 159 cm³/mol. The first kappa shape index (κ1) is 38.4. The Balaban J connectivity index is 1.52. The van der Waals surface area contributed by atoms with Gasteiger partial charge in [0.25, 0.3) is 0 Å². The van der Waals surface area contributed by atoms with Crippen molar-refractivity contribution in [2.75, 3.05) is 19.8 Å². The topological polar surface area (TPSA) is 303 Å². The molecule has 11 N–H and O–H groups in total. The molecule has 49 heavy (non-hydrogen) atoms. The van der Waals surface area contributed by atoms with Crippen molar-refractivity contribution in [3.05, 3.63) is 41.7 Å². The molecule has 1 aromatic rings. The molecule has 1 aliphatic carbocycles.